The third-order valence-electron chi connectivity index (χ3n) is 1.81. The monoisotopic (exact) mass is 238 g/mol. The van der Waals surface area contributed by atoms with Crippen molar-refractivity contribution in [1.82, 2.24) is 5.43 Å². The first-order valence-electron chi connectivity index (χ1n) is 4.35. The Balaban J connectivity index is 2.95. The SMILES string of the molecule is C/C(=N\NC(N)=S)c1cccc([N+](=O)[O-])c1. The van der Waals surface area contributed by atoms with E-state index in [1.165, 1.54) is 12.1 Å². The zero-order chi connectivity index (χ0) is 12.1. The molecular formula is C9H10N4O2S. The van der Waals surface area contributed by atoms with Crippen LogP contribution in [-0.4, -0.2) is 15.7 Å². The van der Waals surface area contributed by atoms with Gasteiger partial charge in [0.25, 0.3) is 5.69 Å². The summed E-state index contributed by atoms with van der Waals surface area (Å²) >= 11 is 4.58. The smallest absolute Gasteiger partial charge is 0.270 e. The fourth-order valence-corrected chi connectivity index (χ4v) is 1.09. The maximum absolute atomic E-state index is 10.6. The van der Waals surface area contributed by atoms with E-state index in [0.717, 1.165) is 0 Å². The molecule has 1 aromatic rings. The molecule has 7 heteroatoms. The Kier molecular flexibility index (Phi) is 3.90. The van der Waals surface area contributed by atoms with Gasteiger partial charge in [-0.1, -0.05) is 12.1 Å². The Morgan fingerprint density at radius 1 is 1.62 bits per heavy atom. The number of nitro benzene ring substituents is 1. The number of hydrogen-bond donors (Lipinski definition) is 2. The Bertz CT molecular complexity index is 459. The molecule has 0 fully saturated rings. The van der Waals surface area contributed by atoms with Crippen LogP contribution < -0.4 is 11.2 Å². The predicted molar refractivity (Wildman–Crippen MR) is 65.2 cm³/mol. The Labute approximate surface area is 97.3 Å². The molecule has 3 N–H and O–H groups in total. The number of thiocarbonyl (C=S) groups is 1. The van der Waals surface area contributed by atoms with Gasteiger partial charge in [0.1, 0.15) is 0 Å². The van der Waals surface area contributed by atoms with E-state index >= 15 is 0 Å². The summed E-state index contributed by atoms with van der Waals surface area (Å²) in [6.45, 7) is 1.70. The van der Waals surface area contributed by atoms with Gasteiger partial charge in [-0.15, -0.1) is 0 Å². The largest absolute Gasteiger partial charge is 0.375 e. The predicted octanol–water partition coefficient (Wildman–Crippen LogP) is 1.15. The molecular weight excluding hydrogens is 228 g/mol. The van der Waals surface area contributed by atoms with Crippen molar-refractivity contribution < 1.29 is 4.92 Å². The second-order valence-electron chi connectivity index (χ2n) is 2.98. The highest BCUT2D eigenvalue weighted by Gasteiger charge is 2.07. The molecule has 0 unspecified atom stereocenters. The lowest BCUT2D eigenvalue weighted by Gasteiger charge is -2.01. The van der Waals surface area contributed by atoms with Crippen LogP contribution in [0.4, 0.5) is 5.69 Å². The molecule has 0 heterocycles. The molecule has 16 heavy (non-hydrogen) atoms. The molecule has 0 saturated carbocycles. The molecule has 0 spiro atoms. The molecule has 0 aliphatic heterocycles. The first kappa shape index (κ1) is 12.1. The fourth-order valence-electron chi connectivity index (χ4n) is 1.05. The lowest BCUT2D eigenvalue weighted by molar-refractivity contribution is -0.384. The van der Waals surface area contributed by atoms with Crippen LogP contribution in [0.1, 0.15) is 12.5 Å². The Morgan fingerprint density at radius 2 is 2.31 bits per heavy atom. The van der Waals surface area contributed by atoms with Crippen LogP contribution in [0.3, 0.4) is 0 Å². The van der Waals surface area contributed by atoms with Crippen molar-refractivity contribution in [1.29, 1.82) is 0 Å². The normalized spacial score (nSPS) is 10.9. The van der Waals surface area contributed by atoms with E-state index in [0.29, 0.717) is 11.3 Å². The number of benzene rings is 1. The molecule has 0 bridgehead atoms. The number of hydrazone groups is 1. The highest BCUT2D eigenvalue weighted by molar-refractivity contribution is 7.80. The van der Waals surface area contributed by atoms with Gasteiger partial charge in [0.2, 0.25) is 0 Å². The number of nitro groups is 1. The van der Waals surface area contributed by atoms with Gasteiger partial charge in [-0.25, -0.2) is 0 Å². The van der Waals surface area contributed by atoms with Crippen molar-refractivity contribution in [3.05, 3.63) is 39.9 Å². The molecule has 1 aromatic carbocycles. The van der Waals surface area contributed by atoms with Crippen LogP contribution in [0.25, 0.3) is 0 Å². The number of nitrogens with two attached hydrogens (primary N) is 1. The molecule has 1 rings (SSSR count). The molecule has 0 aromatic heterocycles. The number of nitrogens with zero attached hydrogens (tertiary/aromatic N) is 2. The van der Waals surface area contributed by atoms with Gasteiger partial charge in [-0.2, -0.15) is 5.10 Å². The standard InChI is InChI=1S/C9H10N4O2S/c1-6(11-12-9(10)16)7-3-2-4-8(5-7)13(14)15/h2-5H,1H3,(H3,10,12,16)/b11-6+. The quantitative estimate of drug-likeness (QED) is 0.356. The van der Waals surface area contributed by atoms with Crippen LogP contribution in [0.2, 0.25) is 0 Å². The topological polar surface area (TPSA) is 93.5 Å². The average Bonchev–Trinajstić information content (AvgIpc) is 2.26. The minimum atomic E-state index is -0.461. The second-order valence-corrected chi connectivity index (χ2v) is 3.42. The van der Waals surface area contributed by atoms with Gasteiger partial charge < -0.3 is 5.73 Å². The summed E-state index contributed by atoms with van der Waals surface area (Å²) in [7, 11) is 0. The molecule has 0 aliphatic rings. The van der Waals surface area contributed by atoms with Crippen LogP contribution in [0.15, 0.2) is 29.4 Å². The van der Waals surface area contributed by atoms with Crippen molar-refractivity contribution in [3.8, 4) is 0 Å². The van der Waals surface area contributed by atoms with E-state index < -0.39 is 4.92 Å². The molecule has 0 radical (unpaired) electrons. The number of nitrogens with one attached hydrogen (secondary N) is 1. The molecule has 0 amide bonds. The minimum Gasteiger partial charge on any atom is -0.375 e. The molecule has 84 valence electrons. The van der Waals surface area contributed by atoms with Crippen molar-refractivity contribution in [3.63, 3.8) is 0 Å². The first-order valence-corrected chi connectivity index (χ1v) is 4.76. The van der Waals surface area contributed by atoms with Gasteiger partial charge in [0, 0.05) is 17.7 Å². The van der Waals surface area contributed by atoms with E-state index in [9.17, 15) is 10.1 Å². The zero-order valence-corrected chi connectivity index (χ0v) is 9.32. The highest BCUT2D eigenvalue weighted by atomic mass is 32.1. The summed E-state index contributed by atoms with van der Waals surface area (Å²) < 4.78 is 0. The third-order valence-corrected chi connectivity index (χ3v) is 1.90. The molecule has 0 atom stereocenters. The summed E-state index contributed by atoms with van der Waals surface area (Å²) in [5.41, 5.74) is 8.84. The summed E-state index contributed by atoms with van der Waals surface area (Å²) in [4.78, 5) is 10.1. The molecule has 0 aliphatic carbocycles. The van der Waals surface area contributed by atoms with E-state index in [2.05, 4.69) is 22.7 Å². The maximum Gasteiger partial charge on any atom is 0.270 e. The van der Waals surface area contributed by atoms with Crippen LogP contribution >= 0.6 is 12.2 Å². The van der Waals surface area contributed by atoms with Gasteiger partial charge in [-0.3, -0.25) is 15.5 Å². The van der Waals surface area contributed by atoms with Gasteiger partial charge >= 0.3 is 0 Å². The number of non-ortho nitro benzene ring substituents is 1. The second kappa shape index (κ2) is 5.17. The fraction of sp³-hybridized carbons (Fsp3) is 0.111. The van der Waals surface area contributed by atoms with E-state index in [4.69, 9.17) is 5.73 Å². The van der Waals surface area contributed by atoms with E-state index in [-0.39, 0.29) is 10.8 Å². The average molecular weight is 238 g/mol. The van der Waals surface area contributed by atoms with Crippen LogP contribution in [0.5, 0.6) is 0 Å². The Morgan fingerprint density at radius 3 is 2.88 bits per heavy atom. The minimum absolute atomic E-state index is 0.0161. The van der Waals surface area contributed by atoms with Gasteiger partial charge in [0.15, 0.2) is 5.11 Å². The molecule has 0 saturated heterocycles. The first-order chi connectivity index (χ1) is 7.50. The zero-order valence-electron chi connectivity index (χ0n) is 8.51. The summed E-state index contributed by atoms with van der Waals surface area (Å²) in [5.74, 6) is 0. The van der Waals surface area contributed by atoms with Gasteiger partial charge in [0.05, 0.1) is 10.6 Å². The summed E-state index contributed by atoms with van der Waals surface area (Å²) in [6.07, 6.45) is 0. The lowest BCUT2D eigenvalue weighted by atomic mass is 10.1. The van der Waals surface area contributed by atoms with Crippen molar-refractivity contribution in [2.45, 2.75) is 6.92 Å². The number of hydrogen-bond acceptors (Lipinski definition) is 4. The van der Waals surface area contributed by atoms with E-state index in [1.807, 2.05) is 0 Å². The summed E-state index contributed by atoms with van der Waals surface area (Å²) in [5, 5.41) is 14.5. The number of rotatable bonds is 3. The van der Waals surface area contributed by atoms with Crippen LogP contribution in [-0.2, 0) is 0 Å². The van der Waals surface area contributed by atoms with Crippen molar-refractivity contribution >= 4 is 28.7 Å². The third kappa shape index (κ3) is 3.28. The summed E-state index contributed by atoms with van der Waals surface area (Å²) in [6, 6.07) is 6.15. The van der Waals surface area contributed by atoms with Crippen molar-refractivity contribution in [2.75, 3.05) is 0 Å². The maximum atomic E-state index is 10.6. The van der Waals surface area contributed by atoms with E-state index in [1.54, 1.807) is 19.1 Å². The van der Waals surface area contributed by atoms with Gasteiger partial charge in [-0.05, 0) is 19.1 Å². The highest BCUT2D eigenvalue weighted by Crippen LogP contribution is 2.13. The lowest BCUT2D eigenvalue weighted by Crippen LogP contribution is -2.25. The van der Waals surface area contributed by atoms with Crippen molar-refractivity contribution in [2.24, 2.45) is 10.8 Å². The molecule has 6 nitrogen and oxygen atoms in total. The van der Waals surface area contributed by atoms with Crippen LogP contribution in [0, 0.1) is 10.1 Å². The Hall–Kier alpha value is -2.02.